The Morgan fingerprint density at radius 2 is 0.639 bits per heavy atom. The van der Waals surface area contributed by atoms with Crippen molar-refractivity contribution in [3.8, 4) is 0 Å². The first kappa shape index (κ1) is 24.2. The van der Waals surface area contributed by atoms with Gasteiger partial charge < -0.3 is 0 Å². The van der Waals surface area contributed by atoms with Crippen LogP contribution in [0.3, 0.4) is 0 Å². The van der Waals surface area contributed by atoms with Gasteiger partial charge in [-0.15, -0.1) is 0 Å². The van der Waals surface area contributed by atoms with Crippen molar-refractivity contribution >= 4 is 36.9 Å². The molecule has 0 saturated heterocycles. The maximum absolute atomic E-state index is 2.58. The lowest BCUT2D eigenvalue weighted by molar-refractivity contribution is 1.33. The zero-order chi connectivity index (χ0) is 24.8. The van der Waals surface area contributed by atoms with Gasteiger partial charge in [0.05, 0.1) is 0 Å². The van der Waals surface area contributed by atoms with Crippen LogP contribution in [0.2, 0.25) is 13.1 Å². The van der Waals surface area contributed by atoms with Crippen LogP contribution < -0.4 is 20.7 Å². The van der Waals surface area contributed by atoms with Crippen LogP contribution in [-0.4, -0.2) is 16.1 Å². The van der Waals surface area contributed by atoms with Crippen LogP contribution in [0, 0.1) is 0 Å². The van der Waals surface area contributed by atoms with Gasteiger partial charge in [-0.3, -0.25) is 0 Å². The maximum atomic E-state index is 2.58. The summed E-state index contributed by atoms with van der Waals surface area (Å²) in [5, 5.41) is 6.19. The van der Waals surface area contributed by atoms with Crippen molar-refractivity contribution in [1.82, 2.24) is 0 Å². The maximum Gasteiger partial charge on any atom is 0.119 e. The van der Waals surface area contributed by atoms with Crippen LogP contribution in [0.1, 0.15) is 11.1 Å². The van der Waals surface area contributed by atoms with Crippen molar-refractivity contribution in [1.29, 1.82) is 0 Å². The lowest BCUT2D eigenvalue weighted by Gasteiger charge is -2.37. The molecule has 36 heavy (non-hydrogen) atoms. The van der Waals surface area contributed by atoms with Crippen LogP contribution in [0.15, 0.2) is 146 Å². The summed E-state index contributed by atoms with van der Waals surface area (Å²) in [7, 11) is -4.22. The molecule has 5 aromatic carbocycles. The zero-order valence-electron chi connectivity index (χ0n) is 21.3. The zero-order valence-corrected chi connectivity index (χ0v) is 23.3. The number of benzene rings is 5. The summed E-state index contributed by atoms with van der Waals surface area (Å²) >= 11 is 0. The fraction of sp³-hybridized carbons (Fsp3) is 0.118. The Bertz CT molecular complexity index is 1270. The van der Waals surface area contributed by atoms with E-state index in [1.807, 2.05) is 0 Å². The summed E-state index contributed by atoms with van der Waals surface area (Å²) in [4.78, 5) is 0. The number of hydrogen-bond donors (Lipinski definition) is 0. The van der Waals surface area contributed by atoms with E-state index in [2.05, 4.69) is 159 Å². The lowest BCUT2D eigenvalue weighted by atomic mass is 10.2. The summed E-state index contributed by atoms with van der Waals surface area (Å²) in [5.41, 5.74) is 2.85. The largest absolute Gasteiger partial charge is 0.119 e. The average molecular weight is 499 g/mol. The molecule has 0 spiro atoms. The topological polar surface area (TPSA) is 0 Å². The van der Waals surface area contributed by atoms with Gasteiger partial charge in [-0.05, 0) is 12.1 Å². The molecule has 0 aliphatic rings. The minimum absolute atomic E-state index is 1.10. The first-order valence-corrected chi connectivity index (χ1v) is 18.3. The van der Waals surface area contributed by atoms with E-state index in [9.17, 15) is 0 Å². The predicted octanol–water partition coefficient (Wildman–Crippen LogP) is 5.64. The normalized spacial score (nSPS) is 14.5. The third-order valence-corrected chi connectivity index (χ3v) is 16.7. The molecule has 2 heteroatoms. The molecule has 0 aromatic heterocycles. The molecular formula is C34H34Si2. The van der Waals surface area contributed by atoms with Crippen LogP contribution in [0.25, 0.3) is 0 Å². The second-order valence-corrected chi connectivity index (χ2v) is 18.5. The first-order valence-electron chi connectivity index (χ1n) is 12.9. The van der Waals surface area contributed by atoms with Crippen LogP contribution in [0.4, 0.5) is 0 Å². The lowest BCUT2D eigenvalue weighted by Crippen LogP contribution is -2.70. The molecule has 0 fully saturated rings. The molecule has 2 atom stereocenters. The van der Waals surface area contributed by atoms with Gasteiger partial charge in [0.1, 0.15) is 16.1 Å². The highest BCUT2D eigenvalue weighted by atomic mass is 28.3. The van der Waals surface area contributed by atoms with E-state index < -0.39 is 16.1 Å². The molecule has 0 aliphatic carbocycles. The predicted molar refractivity (Wildman–Crippen MR) is 161 cm³/mol. The molecule has 0 bridgehead atoms. The van der Waals surface area contributed by atoms with E-state index in [0.717, 1.165) is 12.1 Å². The summed E-state index contributed by atoms with van der Waals surface area (Å²) in [6.07, 6.45) is 0. The Balaban J connectivity index is 1.73. The highest BCUT2D eigenvalue weighted by molar-refractivity contribution is 7.09. The van der Waals surface area contributed by atoms with Crippen molar-refractivity contribution in [3.63, 3.8) is 0 Å². The number of rotatable bonds is 8. The van der Waals surface area contributed by atoms with E-state index in [1.54, 1.807) is 10.4 Å². The van der Waals surface area contributed by atoms with Crippen molar-refractivity contribution in [2.75, 3.05) is 0 Å². The van der Waals surface area contributed by atoms with Crippen molar-refractivity contribution in [3.05, 3.63) is 157 Å². The Morgan fingerprint density at radius 3 is 0.972 bits per heavy atom. The minimum atomic E-state index is -2.11. The second kappa shape index (κ2) is 10.7. The average Bonchev–Trinajstić information content (AvgIpc) is 2.95. The van der Waals surface area contributed by atoms with Gasteiger partial charge in [-0.1, -0.05) is 191 Å². The van der Waals surface area contributed by atoms with E-state index >= 15 is 0 Å². The summed E-state index contributed by atoms with van der Waals surface area (Å²) in [6.45, 7) is 5.16. The van der Waals surface area contributed by atoms with Gasteiger partial charge in [0.15, 0.2) is 0 Å². The van der Waals surface area contributed by atoms with Gasteiger partial charge in [-0.2, -0.15) is 0 Å². The fourth-order valence-electron chi connectivity index (χ4n) is 5.77. The van der Waals surface area contributed by atoms with E-state index in [0.29, 0.717) is 0 Å². The fourth-order valence-corrected chi connectivity index (χ4v) is 15.1. The minimum Gasteiger partial charge on any atom is -0.0627 e. The second-order valence-electron chi connectivity index (χ2n) is 10.3. The molecule has 0 N–H and O–H groups in total. The van der Waals surface area contributed by atoms with Gasteiger partial charge >= 0.3 is 0 Å². The molecular weight excluding hydrogens is 465 g/mol. The molecule has 0 radical (unpaired) electrons. The molecule has 5 aromatic rings. The molecule has 0 saturated carbocycles. The summed E-state index contributed by atoms with van der Waals surface area (Å²) in [5.74, 6) is 0. The molecule has 0 nitrogen and oxygen atoms in total. The standard InChI is InChI=1S/C34H34Si2/c1-35(31-21-11-5-12-22-31,27-29-17-7-3-8-18-29)33-25-15-16-26-34(33)36(2,32-23-13-6-14-24-32)28-30-19-9-4-10-20-30/h3-26H,27-28H2,1-2H3. The first-order chi connectivity index (χ1) is 17.6. The van der Waals surface area contributed by atoms with Gasteiger partial charge in [0.2, 0.25) is 0 Å². The third-order valence-electron chi connectivity index (χ3n) is 7.74. The quantitative estimate of drug-likeness (QED) is 0.243. The number of hydrogen-bond acceptors (Lipinski definition) is 0. The molecule has 0 heterocycles. The van der Waals surface area contributed by atoms with Crippen LogP contribution in [0.5, 0.6) is 0 Å². The highest BCUT2D eigenvalue weighted by Crippen LogP contribution is 2.18. The Labute approximate surface area is 218 Å². The molecule has 5 rings (SSSR count). The molecule has 178 valence electrons. The summed E-state index contributed by atoms with van der Waals surface area (Å²) < 4.78 is 0. The summed E-state index contributed by atoms with van der Waals surface area (Å²) in [6, 6.07) is 56.4. The third kappa shape index (κ3) is 4.93. The van der Waals surface area contributed by atoms with Crippen LogP contribution >= 0.6 is 0 Å². The molecule has 2 unspecified atom stereocenters. The van der Waals surface area contributed by atoms with Crippen molar-refractivity contribution in [2.24, 2.45) is 0 Å². The van der Waals surface area contributed by atoms with E-state index in [4.69, 9.17) is 0 Å². The SMILES string of the molecule is C[Si](Cc1ccccc1)(c1ccccc1)c1ccccc1[Si](C)(Cc1ccccc1)c1ccccc1. The smallest absolute Gasteiger partial charge is 0.0627 e. The monoisotopic (exact) mass is 498 g/mol. The van der Waals surface area contributed by atoms with Gasteiger partial charge in [0.25, 0.3) is 0 Å². The van der Waals surface area contributed by atoms with Crippen molar-refractivity contribution in [2.45, 2.75) is 25.2 Å². The Morgan fingerprint density at radius 1 is 0.361 bits per heavy atom. The molecule has 0 amide bonds. The van der Waals surface area contributed by atoms with E-state index in [-0.39, 0.29) is 0 Å². The Kier molecular flexibility index (Phi) is 7.17. The Hall–Kier alpha value is -3.47. The molecule has 0 aliphatic heterocycles. The highest BCUT2D eigenvalue weighted by Gasteiger charge is 2.40. The van der Waals surface area contributed by atoms with Crippen molar-refractivity contribution < 1.29 is 0 Å². The van der Waals surface area contributed by atoms with Gasteiger partial charge in [-0.25, -0.2) is 0 Å². The van der Waals surface area contributed by atoms with Gasteiger partial charge in [0, 0.05) is 0 Å². The van der Waals surface area contributed by atoms with Crippen LogP contribution in [-0.2, 0) is 12.1 Å². The van der Waals surface area contributed by atoms with E-state index in [1.165, 1.54) is 21.5 Å².